The van der Waals surface area contributed by atoms with Gasteiger partial charge in [0.25, 0.3) is 0 Å². The summed E-state index contributed by atoms with van der Waals surface area (Å²) in [7, 11) is -3.57. The van der Waals surface area contributed by atoms with Gasteiger partial charge in [-0.15, -0.1) is 0 Å². The molecule has 0 aliphatic rings. The van der Waals surface area contributed by atoms with E-state index < -0.39 is 16.0 Å². The Balaban J connectivity index is 2.98. The SMILES string of the molecule is CC(C)CCS(=O)(=O)Nc1cc(N)ccc1C(=O)O. The molecule has 0 aliphatic heterocycles. The molecule has 1 aromatic rings. The van der Waals surface area contributed by atoms with Crippen molar-refractivity contribution >= 4 is 27.4 Å². The van der Waals surface area contributed by atoms with Crippen molar-refractivity contribution in [1.82, 2.24) is 0 Å². The van der Waals surface area contributed by atoms with Crippen molar-refractivity contribution in [2.24, 2.45) is 5.92 Å². The summed E-state index contributed by atoms with van der Waals surface area (Å²) in [5.41, 5.74) is 5.71. The zero-order valence-electron chi connectivity index (χ0n) is 10.9. The topological polar surface area (TPSA) is 109 Å². The molecular formula is C12H18N2O4S. The highest BCUT2D eigenvalue weighted by molar-refractivity contribution is 7.92. The molecule has 0 unspecified atom stereocenters. The summed E-state index contributed by atoms with van der Waals surface area (Å²) in [6.07, 6.45) is 0.500. The maximum Gasteiger partial charge on any atom is 0.337 e. The number of nitrogens with two attached hydrogens (primary N) is 1. The van der Waals surface area contributed by atoms with Crippen molar-refractivity contribution in [1.29, 1.82) is 0 Å². The molecule has 0 atom stereocenters. The molecule has 1 aromatic carbocycles. The summed E-state index contributed by atoms with van der Waals surface area (Å²) in [4.78, 5) is 11.0. The molecule has 7 heteroatoms. The summed E-state index contributed by atoms with van der Waals surface area (Å²) >= 11 is 0. The number of rotatable bonds is 6. The van der Waals surface area contributed by atoms with Crippen LogP contribution in [0.5, 0.6) is 0 Å². The predicted octanol–water partition coefficient (Wildman–Crippen LogP) is 1.75. The summed E-state index contributed by atoms with van der Waals surface area (Å²) in [5.74, 6) is -1.02. The van der Waals surface area contributed by atoms with Crippen LogP contribution in [0.3, 0.4) is 0 Å². The minimum atomic E-state index is -3.57. The highest BCUT2D eigenvalue weighted by Gasteiger charge is 2.17. The molecule has 106 valence electrons. The number of sulfonamides is 1. The van der Waals surface area contributed by atoms with Crippen LogP contribution in [0.25, 0.3) is 0 Å². The fraction of sp³-hybridized carbons (Fsp3) is 0.417. The molecule has 0 radical (unpaired) electrons. The van der Waals surface area contributed by atoms with Crippen molar-refractivity contribution in [2.45, 2.75) is 20.3 Å². The number of carboxylic acids is 1. The molecule has 4 N–H and O–H groups in total. The van der Waals surface area contributed by atoms with Crippen LogP contribution in [0.15, 0.2) is 18.2 Å². The second-order valence-electron chi connectivity index (χ2n) is 4.71. The monoisotopic (exact) mass is 286 g/mol. The van der Waals surface area contributed by atoms with Crippen molar-refractivity contribution < 1.29 is 18.3 Å². The maximum absolute atomic E-state index is 11.8. The Morgan fingerprint density at radius 2 is 2.05 bits per heavy atom. The Kier molecular flexibility index (Phi) is 4.77. The lowest BCUT2D eigenvalue weighted by Gasteiger charge is -2.12. The average Bonchev–Trinajstić information content (AvgIpc) is 2.25. The van der Waals surface area contributed by atoms with Gasteiger partial charge in [-0.05, 0) is 30.5 Å². The molecular weight excluding hydrogens is 268 g/mol. The number of carbonyl (C=O) groups is 1. The average molecular weight is 286 g/mol. The number of aromatic carboxylic acids is 1. The number of hydrogen-bond donors (Lipinski definition) is 3. The van der Waals surface area contributed by atoms with Gasteiger partial charge in [0, 0.05) is 5.69 Å². The first-order chi connectivity index (χ1) is 8.71. The van der Waals surface area contributed by atoms with Gasteiger partial charge in [-0.3, -0.25) is 4.72 Å². The van der Waals surface area contributed by atoms with E-state index in [1.807, 2.05) is 13.8 Å². The van der Waals surface area contributed by atoms with Crippen LogP contribution in [-0.4, -0.2) is 25.2 Å². The van der Waals surface area contributed by atoms with Gasteiger partial charge in [-0.1, -0.05) is 13.8 Å². The second-order valence-corrected chi connectivity index (χ2v) is 6.56. The zero-order chi connectivity index (χ0) is 14.6. The molecule has 1 rings (SSSR count). The molecule has 6 nitrogen and oxygen atoms in total. The maximum atomic E-state index is 11.8. The Labute approximate surface area is 112 Å². The van der Waals surface area contributed by atoms with Gasteiger partial charge in [0.15, 0.2) is 0 Å². The third-order valence-electron chi connectivity index (χ3n) is 2.50. The quantitative estimate of drug-likeness (QED) is 0.690. The number of hydrogen-bond acceptors (Lipinski definition) is 4. The second kappa shape index (κ2) is 5.92. The molecule has 0 saturated heterocycles. The normalized spacial score (nSPS) is 11.5. The van der Waals surface area contributed by atoms with Gasteiger partial charge in [-0.25, -0.2) is 13.2 Å². The third kappa shape index (κ3) is 4.78. The van der Waals surface area contributed by atoms with Crippen molar-refractivity contribution in [3.8, 4) is 0 Å². The van der Waals surface area contributed by atoms with Crippen LogP contribution < -0.4 is 10.5 Å². The standard InChI is InChI=1S/C12H18N2O4S/c1-8(2)5-6-19(17,18)14-11-7-9(13)3-4-10(11)12(15)16/h3-4,7-8,14H,5-6,13H2,1-2H3,(H,15,16). The molecule has 0 aliphatic carbocycles. The van der Waals surface area contributed by atoms with E-state index in [1.54, 1.807) is 0 Å². The molecule has 0 amide bonds. The van der Waals surface area contributed by atoms with Crippen LogP contribution in [-0.2, 0) is 10.0 Å². The number of benzene rings is 1. The lowest BCUT2D eigenvalue weighted by Crippen LogP contribution is -2.19. The van der Waals surface area contributed by atoms with Crippen LogP contribution in [0.4, 0.5) is 11.4 Å². The van der Waals surface area contributed by atoms with Gasteiger partial charge in [-0.2, -0.15) is 0 Å². The summed E-state index contributed by atoms with van der Waals surface area (Å²) in [6.45, 7) is 3.83. The molecule has 0 bridgehead atoms. The Bertz CT molecular complexity index is 567. The van der Waals surface area contributed by atoms with Gasteiger partial charge in [0.1, 0.15) is 0 Å². The van der Waals surface area contributed by atoms with Crippen LogP contribution in [0, 0.1) is 5.92 Å². The van der Waals surface area contributed by atoms with Crippen molar-refractivity contribution in [2.75, 3.05) is 16.2 Å². The molecule has 0 spiro atoms. The van der Waals surface area contributed by atoms with Crippen LogP contribution in [0.1, 0.15) is 30.6 Å². The third-order valence-corrected chi connectivity index (χ3v) is 3.81. The van der Waals surface area contributed by atoms with Gasteiger partial charge < -0.3 is 10.8 Å². The molecule has 0 saturated carbocycles. The van der Waals surface area contributed by atoms with Crippen molar-refractivity contribution in [3.63, 3.8) is 0 Å². The summed E-state index contributed by atoms with van der Waals surface area (Å²) in [6, 6.07) is 3.99. The van der Waals surface area contributed by atoms with E-state index >= 15 is 0 Å². The van der Waals surface area contributed by atoms with E-state index in [0.717, 1.165) is 0 Å². The number of nitrogens with one attached hydrogen (secondary N) is 1. The van der Waals surface area contributed by atoms with E-state index in [0.29, 0.717) is 12.1 Å². The summed E-state index contributed by atoms with van der Waals surface area (Å²) in [5, 5.41) is 9.00. The fourth-order valence-electron chi connectivity index (χ4n) is 1.44. The van der Waals surface area contributed by atoms with E-state index in [4.69, 9.17) is 10.8 Å². The number of anilines is 2. The van der Waals surface area contributed by atoms with Crippen LogP contribution in [0.2, 0.25) is 0 Å². The molecule has 0 fully saturated rings. The van der Waals surface area contributed by atoms with E-state index in [1.165, 1.54) is 18.2 Å². The lowest BCUT2D eigenvalue weighted by atomic mass is 10.1. The largest absolute Gasteiger partial charge is 0.478 e. The summed E-state index contributed by atoms with van der Waals surface area (Å²) < 4.78 is 26.0. The lowest BCUT2D eigenvalue weighted by molar-refractivity contribution is 0.0698. The minimum Gasteiger partial charge on any atom is -0.478 e. The number of carboxylic acid groups (broad SMARTS) is 1. The van der Waals surface area contributed by atoms with Gasteiger partial charge in [0.05, 0.1) is 17.0 Å². The highest BCUT2D eigenvalue weighted by Crippen LogP contribution is 2.21. The Morgan fingerprint density at radius 3 is 2.58 bits per heavy atom. The zero-order valence-corrected chi connectivity index (χ0v) is 11.7. The predicted molar refractivity (Wildman–Crippen MR) is 74.7 cm³/mol. The van der Waals surface area contributed by atoms with Gasteiger partial charge in [0.2, 0.25) is 10.0 Å². The van der Waals surface area contributed by atoms with E-state index in [2.05, 4.69) is 4.72 Å². The Morgan fingerprint density at radius 1 is 1.42 bits per heavy atom. The van der Waals surface area contributed by atoms with Crippen molar-refractivity contribution in [3.05, 3.63) is 23.8 Å². The van der Waals surface area contributed by atoms with Crippen LogP contribution >= 0.6 is 0 Å². The Hall–Kier alpha value is -1.76. The van der Waals surface area contributed by atoms with E-state index in [9.17, 15) is 13.2 Å². The first-order valence-electron chi connectivity index (χ1n) is 5.84. The number of nitrogen functional groups attached to an aromatic ring is 1. The fourth-order valence-corrected chi connectivity index (χ4v) is 2.83. The molecule has 0 aromatic heterocycles. The van der Waals surface area contributed by atoms with Gasteiger partial charge >= 0.3 is 5.97 Å². The van der Waals surface area contributed by atoms with E-state index in [-0.39, 0.29) is 22.9 Å². The first kappa shape index (κ1) is 15.3. The highest BCUT2D eigenvalue weighted by atomic mass is 32.2. The minimum absolute atomic E-state index is 0.00347. The smallest absolute Gasteiger partial charge is 0.337 e. The molecule has 0 heterocycles. The molecule has 19 heavy (non-hydrogen) atoms. The first-order valence-corrected chi connectivity index (χ1v) is 7.50.